The summed E-state index contributed by atoms with van der Waals surface area (Å²) in [7, 11) is 0. The minimum Gasteiger partial charge on any atom is -0.482 e. The van der Waals surface area contributed by atoms with Crippen LogP contribution in [0.4, 0.5) is 5.69 Å². The lowest BCUT2D eigenvalue weighted by molar-refractivity contribution is -0.125. The summed E-state index contributed by atoms with van der Waals surface area (Å²) in [5.41, 5.74) is 5.51. The molecule has 1 N–H and O–H groups in total. The molecule has 0 spiro atoms. The van der Waals surface area contributed by atoms with Gasteiger partial charge in [0.05, 0.1) is 5.69 Å². The normalized spacial score (nSPS) is 13.9. The Morgan fingerprint density at radius 3 is 2.76 bits per heavy atom. The van der Waals surface area contributed by atoms with Crippen molar-refractivity contribution >= 4 is 34.2 Å². The Morgan fingerprint density at radius 2 is 1.93 bits per heavy atom. The molecule has 1 aromatic heterocycles. The smallest absolute Gasteiger partial charge is 0.265 e. The Hall–Kier alpha value is -3.61. The Morgan fingerprint density at radius 1 is 1.17 bits per heavy atom. The Balaban J connectivity index is 1.51. The zero-order valence-electron chi connectivity index (χ0n) is 16.3. The summed E-state index contributed by atoms with van der Waals surface area (Å²) in [6.45, 7) is 3.60. The molecule has 2 amide bonds. The molecule has 0 unspecified atom stereocenters. The zero-order chi connectivity index (χ0) is 20.4. The molecule has 0 radical (unpaired) electrons. The highest BCUT2D eigenvalue weighted by molar-refractivity contribution is 6.04. The van der Waals surface area contributed by atoms with Gasteiger partial charge in [0.25, 0.3) is 11.8 Å². The summed E-state index contributed by atoms with van der Waals surface area (Å²) >= 11 is 0. The summed E-state index contributed by atoms with van der Waals surface area (Å²) in [5.74, 6) is 0.560. The summed E-state index contributed by atoms with van der Waals surface area (Å²) < 4.78 is 11.3. The number of carbonyl (C=O) groups excluding carboxylic acids is 2. The van der Waals surface area contributed by atoms with Gasteiger partial charge >= 0.3 is 0 Å². The number of aryl methyl sites for hydroxylation is 1. The molecule has 148 valence electrons. The molecule has 1 aliphatic heterocycles. The third-order valence-corrected chi connectivity index (χ3v) is 4.84. The maximum absolute atomic E-state index is 12.4. The van der Waals surface area contributed by atoms with Gasteiger partial charge in [0.15, 0.2) is 12.4 Å². The molecule has 4 rings (SSSR count). The summed E-state index contributed by atoms with van der Waals surface area (Å²) in [6, 6.07) is 14.9. The number of nitrogens with zero attached hydrogens (tertiary/aromatic N) is 2. The molecule has 1 aliphatic rings. The van der Waals surface area contributed by atoms with Crippen LogP contribution in [0.15, 0.2) is 58.0 Å². The first-order valence-corrected chi connectivity index (χ1v) is 9.44. The van der Waals surface area contributed by atoms with Crippen LogP contribution < -0.4 is 15.1 Å². The van der Waals surface area contributed by atoms with Gasteiger partial charge in [0.1, 0.15) is 23.6 Å². The molecule has 0 fully saturated rings. The first kappa shape index (κ1) is 18.7. The third kappa shape index (κ3) is 3.59. The molecule has 0 aliphatic carbocycles. The number of amides is 2. The Labute approximate surface area is 167 Å². The topological polar surface area (TPSA) is 84.1 Å². The number of ether oxygens (including phenoxy) is 1. The summed E-state index contributed by atoms with van der Waals surface area (Å²) in [6.07, 6.45) is 0.784. The fourth-order valence-electron chi connectivity index (χ4n) is 3.45. The number of hydrogen-bond acceptors (Lipinski definition) is 5. The maximum atomic E-state index is 12.4. The molecular formula is C22H21N3O4. The minimum atomic E-state index is -0.399. The van der Waals surface area contributed by atoms with Crippen molar-refractivity contribution < 1.29 is 18.7 Å². The fraction of sp³-hybridized carbons (Fsp3) is 0.227. The molecule has 0 saturated carbocycles. The molecule has 0 atom stereocenters. The lowest BCUT2D eigenvalue weighted by Gasteiger charge is -2.28. The van der Waals surface area contributed by atoms with Crippen molar-refractivity contribution in [2.45, 2.75) is 20.3 Å². The standard InChI is InChI=1S/C22H21N3O4/c1-3-15-16-8-4-6-10-18(16)29-22(15)14(2)23-24-20(26)12-25-17-9-5-7-11-19(17)28-13-21(25)27/h4-11H,3,12-13H2,1-2H3,(H,24,26)/b23-14-. The number of carbonyl (C=O) groups is 2. The average Bonchev–Trinajstić information content (AvgIpc) is 3.13. The van der Waals surface area contributed by atoms with Gasteiger partial charge in [-0.3, -0.25) is 14.5 Å². The van der Waals surface area contributed by atoms with Crippen LogP contribution in [0.1, 0.15) is 25.2 Å². The number of furan rings is 1. The number of hydrogen-bond donors (Lipinski definition) is 1. The van der Waals surface area contributed by atoms with Crippen molar-refractivity contribution in [2.24, 2.45) is 5.10 Å². The number of fused-ring (bicyclic) bond motifs is 2. The number of rotatable bonds is 5. The first-order valence-electron chi connectivity index (χ1n) is 9.44. The van der Waals surface area contributed by atoms with Crippen molar-refractivity contribution in [3.8, 4) is 5.75 Å². The van der Waals surface area contributed by atoms with Crippen molar-refractivity contribution in [3.05, 3.63) is 59.9 Å². The molecule has 2 aromatic carbocycles. The lowest BCUT2D eigenvalue weighted by atomic mass is 10.1. The summed E-state index contributed by atoms with van der Waals surface area (Å²) in [5, 5.41) is 5.24. The summed E-state index contributed by atoms with van der Waals surface area (Å²) in [4.78, 5) is 26.1. The third-order valence-electron chi connectivity index (χ3n) is 4.84. The van der Waals surface area contributed by atoms with Crippen LogP contribution in [0.3, 0.4) is 0 Å². The largest absolute Gasteiger partial charge is 0.482 e. The van der Waals surface area contributed by atoms with Crippen molar-refractivity contribution in [3.63, 3.8) is 0 Å². The van der Waals surface area contributed by atoms with Crippen molar-refractivity contribution in [2.75, 3.05) is 18.1 Å². The van der Waals surface area contributed by atoms with E-state index in [1.807, 2.05) is 37.3 Å². The van der Waals surface area contributed by atoms with Crippen molar-refractivity contribution in [1.29, 1.82) is 0 Å². The van der Waals surface area contributed by atoms with Crippen LogP contribution >= 0.6 is 0 Å². The number of anilines is 1. The van der Waals surface area contributed by atoms with E-state index < -0.39 is 5.91 Å². The second kappa shape index (κ2) is 7.79. The van der Waals surface area contributed by atoms with Crippen LogP contribution in [-0.4, -0.2) is 30.7 Å². The predicted octanol–water partition coefficient (Wildman–Crippen LogP) is 3.26. The Bertz CT molecular complexity index is 1120. The average molecular weight is 391 g/mol. The Kier molecular flexibility index (Phi) is 5.03. The van der Waals surface area contributed by atoms with Crippen LogP contribution in [-0.2, 0) is 16.0 Å². The van der Waals surface area contributed by atoms with E-state index in [9.17, 15) is 9.59 Å². The molecule has 0 bridgehead atoms. The SMILES string of the molecule is CCc1c(/C(C)=N\NC(=O)CN2C(=O)COc3ccccc32)oc2ccccc12. The minimum absolute atomic E-state index is 0.0918. The van der Waals surface area contributed by atoms with Gasteiger partial charge in [0.2, 0.25) is 0 Å². The van der Waals surface area contributed by atoms with Gasteiger partial charge in [-0.05, 0) is 31.5 Å². The van der Waals surface area contributed by atoms with Crippen LogP contribution in [0.2, 0.25) is 0 Å². The van der Waals surface area contributed by atoms with Crippen molar-refractivity contribution in [1.82, 2.24) is 5.43 Å². The highest BCUT2D eigenvalue weighted by Gasteiger charge is 2.27. The van der Waals surface area contributed by atoms with E-state index in [2.05, 4.69) is 10.5 Å². The van der Waals surface area contributed by atoms with Gasteiger partial charge in [0, 0.05) is 10.9 Å². The molecule has 2 heterocycles. The maximum Gasteiger partial charge on any atom is 0.265 e. The molecule has 7 nitrogen and oxygen atoms in total. The van der Waals surface area contributed by atoms with Gasteiger partial charge in [-0.1, -0.05) is 37.3 Å². The van der Waals surface area contributed by atoms with Crippen LogP contribution in [0, 0.1) is 0 Å². The predicted molar refractivity (Wildman–Crippen MR) is 110 cm³/mol. The van der Waals surface area contributed by atoms with E-state index in [0.29, 0.717) is 22.9 Å². The molecule has 29 heavy (non-hydrogen) atoms. The van der Waals surface area contributed by atoms with Gasteiger partial charge < -0.3 is 9.15 Å². The van der Waals surface area contributed by atoms with E-state index in [0.717, 1.165) is 23.0 Å². The van der Waals surface area contributed by atoms with E-state index in [1.165, 1.54) is 4.90 Å². The second-order valence-electron chi connectivity index (χ2n) is 6.73. The number of para-hydroxylation sites is 3. The van der Waals surface area contributed by atoms with Gasteiger partial charge in [-0.25, -0.2) is 5.43 Å². The number of nitrogens with one attached hydrogen (secondary N) is 1. The molecule has 0 saturated heterocycles. The monoisotopic (exact) mass is 391 g/mol. The van der Waals surface area contributed by atoms with Crippen LogP contribution in [0.5, 0.6) is 5.75 Å². The quantitative estimate of drug-likeness (QED) is 0.534. The van der Waals surface area contributed by atoms with E-state index in [1.54, 1.807) is 25.1 Å². The lowest BCUT2D eigenvalue weighted by Crippen LogP contribution is -2.44. The molecule has 3 aromatic rings. The van der Waals surface area contributed by atoms with Crippen LogP contribution in [0.25, 0.3) is 11.0 Å². The number of benzene rings is 2. The van der Waals surface area contributed by atoms with Gasteiger partial charge in [-0.2, -0.15) is 5.10 Å². The first-order chi connectivity index (χ1) is 14.1. The number of hydrazone groups is 1. The molecule has 7 heteroatoms. The highest BCUT2D eigenvalue weighted by Crippen LogP contribution is 2.31. The van der Waals surface area contributed by atoms with E-state index in [-0.39, 0.29) is 19.1 Å². The zero-order valence-corrected chi connectivity index (χ0v) is 16.3. The molecular weight excluding hydrogens is 370 g/mol. The van der Waals surface area contributed by atoms with E-state index >= 15 is 0 Å². The van der Waals surface area contributed by atoms with E-state index in [4.69, 9.17) is 9.15 Å². The second-order valence-corrected chi connectivity index (χ2v) is 6.73. The fourth-order valence-corrected chi connectivity index (χ4v) is 3.45. The highest BCUT2D eigenvalue weighted by atomic mass is 16.5. The van der Waals surface area contributed by atoms with Gasteiger partial charge in [-0.15, -0.1) is 0 Å².